The zero-order chi connectivity index (χ0) is 14.3. The van der Waals surface area contributed by atoms with E-state index in [1.165, 1.54) is 6.42 Å². The SMILES string of the molecule is CCOC(=O)CCC1CC(NCC(C)C)CN(C)C1. The monoisotopic (exact) mass is 270 g/mol. The Balaban J connectivity index is 2.31. The maximum absolute atomic E-state index is 11.4. The quantitative estimate of drug-likeness (QED) is 0.717. The molecular formula is C15H30N2O2. The Morgan fingerprint density at radius 3 is 2.79 bits per heavy atom. The van der Waals surface area contributed by atoms with Crippen LogP contribution in [-0.4, -0.2) is 50.2 Å². The van der Waals surface area contributed by atoms with E-state index in [9.17, 15) is 4.79 Å². The number of rotatable bonds is 7. The molecule has 4 nitrogen and oxygen atoms in total. The predicted molar refractivity (Wildman–Crippen MR) is 78.1 cm³/mol. The van der Waals surface area contributed by atoms with Crippen molar-refractivity contribution in [1.82, 2.24) is 10.2 Å². The number of esters is 1. The minimum atomic E-state index is -0.0533. The van der Waals surface area contributed by atoms with Crippen LogP contribution in [0, 0.1) is 11.8 Å². The minimum Gasteiger partial charge on any atom is -0.466 e. The zero-order valence-electron chi connectivity index (χ0n) is 12.9. The number of hydrogen-bond donors (Lipinski definition) is 1. The Morgan fingerprint density at radius 1 is 1.42 bits per heavy atom. The van der Waals surface area contributed by atoms with Gasteiger partial charge in [0.05, 0.1) is 6.61 Å². The van der Waals surface area contributed by atoms with Crippen molar-refractivity contribution in [3.63, 3.8) is 0 Å². The molecule has 1 saturated heterocycles. The van der Waals surface area contributed by atoms with Gasteiger partial charge in [-0.3, -0.25) is 4.79 Å². The molecule has 1 fully saturated rings. The lowest BCUT2D eigenvalue weighted by Gasteiger charge is -2.36. The van der Waals surface area contributed by atoms with Gasteiger partial charge in [0.15, 0.2) is 0 Å². The van der Waals surface area contributed by atoms with E-state index < -0.39 is 0 Å². The van der Waals surface area contributed by atoms with Crippen LogP contribution in [0.4, 0.5) is 0 Å². The van der Waals surface area contributed by atoms with E-state index in [2.05, 4.69) is 31.1 Å². The van der Waals surface area contributed by atoms with E-state index in [1.807, 2.05) is 6.92 Å². The van der Waals surface area contributed by atoms with Gasteiger partial charge in [0.2, 0.25) is 0 Å². The summed E-state index contributed by atoms with van der Waals surface area (Å²) < 4.78 is 5.00. The van der Waals surface area contributed by atoms with Gasteiger partial charge < -0.3 is 15.0 Å². The van der Waals surface area contributed by atoms with Gasteiger partial charge in [-0.15, -0.1) is 0 Å². The molecule has 1 aliphatic heterocycles. The third-order valence-electron chi connectivity index (χ3n) is 3.60. The van der Waals surface area contributed by atoms with Crippen LogP contribution >= 0.6 is 0 Å². The van der Waals surface area contributed by atoms with Gasteiger partial charge in [-0.1, -0.05) is 13.8 Å². The molecule has 1 heterocycles. The molecule has 19 heavy (non-hydrogen) atoms. The molecular weight excluding hydrogens is 240 g/mol. The number of likely N-dealkylation sites (tertiary alicyclic amines) is 1. The van der Waals surface area contributed by atoms with Crippen molar-refractivity contribution in [2.45, 2.75) is 46.1 Å². The lowest BCUT2D eigenvalue weighted by atomic mass is 9.90. The number of nitrogens with one attached hydrogen (secondary N) is 1. The number of piperidine rings is 1. The van der Waals surface area contributed by atoms with E-state index in [0.717, 1.165) is 26.1 Å². The third-order valence-corrected chi connectivity index (χ3v) is 3.60. The molecule has 0 radical (unpaired) electrons. The number of carbonyl (C=O) groups excluding carboxylic acids is 1. The standard InChI is InChI=1S/C15H30N2O2/c1-5-19-15(18)7-6-13-8-14(11-17(4)10-13)16-9-12(2)3/h12-14,16H,5-11H2,1-4H3. The van der Waals surface area contributed by atoms with Gasteiger partial charge in [0.25, 0.3) is 0 Å². The molecule has 0 aromatic heterocycles. The van der Waals surface area contributed by atoms with Gasteiger partial charge in [-0.05, 0) is 45.2 Å². The highest BCUT2D eigenvalue weighted by Crippen LogP contribution is 2.21. The van der Waals surface area contributed by atoms with Crippen LogP contribution in [0.25, 0.3) is 0 Å². The zero-order valence-corrected chi connectivity index (χ0v) is 12.9. The lowest BCUT2D eigenvalue weighted by molar-refractivity contribution is -0.143. The Bertz CT molecular complexity index is 269. The topological polar surface area (TPSA) is 41.6 Å². The van der Waals surface area contributed by atoms with Crippen LogP contribution in [0.15, 0.2) is 0 Å². The Labute approximate surface area is 117 Å². The molecule has 112 valence electrons. The predicted octanol–water partition coefficient (Wildman–Crippen LogP) is 1.90. The summed E-state index contributed by atoms with van der Waals surface area (Å²) in [6.45, 7) is 10.1. The van der Waals surface area contributed by atoms with Gasteiger partial charge in [0.1, 0.15) is 0 Å². The van der Waals surface area contributed by atoms with Crippen LogP contribution in [0.1, 0.15) is 40.0 Å². The fourth-order valence-corrected chi connectivity index (χ4v) is 2.76. The fourth-order valence-electron chi connectivity index (χ4n) is 2.76. The molecule has 0 aromatic carbocycles. The van der Waals surface area contributed by atoms with Crippen LogP contribution in [0.3, 0.4) is 0 Å². The molecule has 0 amide bonds. The summed E-state index contributed by atoms with van der Waals surface area (Å²) in [5.74, 6) is 1.24. The Hall–Kier alpha value is -0.610. The van der Waals surface area contributed by atoms with Crippen LogP contribution in [-0.2, 0) is 9.53 Å². The molecule has 1 rings (SSSR count). The molecule has 0 spiro atoms. The normalized spacial score (nSPS) is 24.7. The summed E-state index contributed by atoms with van der Waals surface area (Å²) >= 11 is 0. The van der Waals surface area contributed by atoms with Crippen molar-refractivity contribution in [1.29, 1.82) is 0 Å². The van der Waals surface area contributed by atoms with Crippen molar-refractivity contribution in [2.75, 3.05) is 33.3 Å². The number of nitrogens with zero attached hydrogens (tertiary/aromatic N) is 1. The highest BCUT2D eigenvalue weighted by molar-refractivity contribution is 5.69. The maximum atomic E-state index is 11.4. The second kappa shape index (κ2) is 8.54. The smallest absolute Gasteiger partial charge is 0.305 e. The van der Waals surface area contributed by atoms with Crippen LogP contribution in [0.2, 0.25) is 0 Å². The first-order valence-electron chi connectivity index (χ1n) is 7.58. The van der Waals surface area contributed by atoms with E-state index in [4.69, 9.17) is 4.74 Å². The van der Waals surface area contributed by atoms with Crippen LogP contribution < -0.4 is 5.32 Å². The molecule has 4 heteroatoms. The third kappa shape index (κ3) is 6.92. The van der Waals surface area contributed by atoms with Crippen molar-refractivity contribution in [3.05, 3.63) is 0 Å². The molecule has 0 saturated carbocycles. The van der Waals surface area contributed by atoms with Gasteiger partial charge in [0, 0.05) is 25.6 Å². The molecule has 1 aliphatic rings. The fraction of sp³-hybridized carbons (Fsp3) is 0.933. The maximum Gasteiger partial charge on any atom is 0.305 e. The minimum absolute atomic E-state index is 0.0533. The van der Waals surface area contributed by atoms with Crippen molar-refractivity contribution in [2.24, 2.45) is 11.8 Å². The first-order valence-corrected chi connectivity index (χ1v) is 7.58. The van der Waals surface area contributed by atoms with E-state index >= 15 is 0 Å². The Morgan fingerprint density at radius 2 is 2.16 bits per heavy atom. The molecule has 0 aliphatic carbocycles. The summed E-state index contributed by atoms with van der Waals surface area (Å²) in [5, 5.41) is 3.64. The summed E-state index contributed by atoms with van der Waals surface area (Å²) in [5.41, 5.74) is 0. The van der Waals surface area contributed by atoms with Crippen molar-refractivity contribution < 1.29 is 9.53 Å². The van der Waals surface area contributed by atoms with Gasteiger partial charge in [-0.25, -0.2) is 0 Å². The first-order chi connectivity index (χ1) is 9.01. The molecule has 2 atom stereocenters. The summed E-state index contributed by atoms with van der Waals surface area (Å²) in [7, 11) is 2.17. The average molecular weight is 270 g/mol. The molecule has 0 bridgehead atoms. The Kier molecular flexibility index (Phi) is 7.39. The van der Waals surface area contributed by atoms with E-state index in [-0.39, 0.29) is 5.97 Å². The molecule has 1 N–H and O–H groups in total. The van der Waals surface area contributed by atoms with Crippen molar-refractivity contribution in [3.8, 4) is 0 Å². The number of hydrogen-bond acceptors (Lipinski definition) is 4. The van der Waals surface area contributed by atoms with Gasteiger partial charge in [-0.2, -0.15) is 0 Å². The average Bonchev–Trinajstić information content (AvgIpc) is 2.34. The number of likely N-dealkylation sites (N-methyl/N-ethyl adjacent to an activating group) is 1. The highest BCUT2D eigenvalue weighted by Gasteiger charge is 2.25. The van der Waals surface area contributed by atoms with E-state index in [0.29, 0.717) is 30.9 Å². The van der Waals surface area contributed by atoms with E-state index in [1.54, 1.807) is 0 Å². The van der Waals surface area contributed by atoms with Crippen LogP contribution in [0.5, 0.6) is 0 Å². The highest BCUT2D eigenvalue weighted by atomic mass is 16.5. The summed E-state index contributed by atoms with van der Waals surface area (Å²) in [6.07, 6.45) is 2.68. The second-order valence-electron chi connectivity index (χ2n) is 6.17. The number of carbonyl (C=O) groups is 1. The molecule has 2 unspecified atom stereocenters. The lowest BCUT2D eigenvalue weighted by Crippen LogP contribution is -2.48. The summed E-state index contributed by atoms with van der Waals surface area (Å²) in [6, 6.07) is 0.563. The first kappa shape index (κ1) is 16.4. The number of ether oxygens (including phenoxy) is 1. The van der Waals surface area contributed by atoms with Crippen molar-refractivity contribution >= 4 is 5.97 Å². The second-order valence-corrected chi connectivity index (χ2v) is 6.17. The molecule has 0 aromatic rings. The summed E-state index contributed by atoms with van der Waals surface area (Å²) in [4.78, 5) is 13.8. The van der Waals surface area contributed by atoms with Gasteiger partial charge >= 0.3 is 5.97 Å². The largest absolute Gasteiger partial charge is 0.466 e.